The molecule has 3 aromatic rings. The second kappa shape index (κ2) is 8.27. The molecule has 7 heteroatoms. The van der Waals surface area contributed by atoms with E-state index in [1.165, 1.54) is 0 Å². The summed E-state index contributed by atoms with van der Waals surface area (Å²) in [6, 6.07) is 16.8. The molecule has 0 aliphatic carbocycles. The van der Waals surface area contributed by atoms with Gasteiger partial charge in [-0.2, -0.15) is 5.10 Å². The van der Waals surface area contributed by atoms with Crippen LogP contribution in [0.2, 0.25) is 5.02 Å². The fourth-order valence-corrected chi connectivity index (χ4v) is 3.96. The number of methoxy groups -OCH3 is 1. The number of hydrogen-bond acceptors (Lipinski definition) is 4. The molecule has 2 aromatic carbocycles. The van der Waals surface area contributed by atoms with Gasteiger partial charge in [-0.05, 0) is 49.2 Å². The number of nitrogens with zero attached hydrogens (tertiary/aromatic N) is 3. The minimum atomic E-state index is 0.0316. The van der Waals surface area contributed by atoms with Crippen LogP contribution in [0.15, 0.2) is 54.6 Å². The summed E-state index contributed by atoms with van der Waals surface area (Å²) in [4.78, 5) is 14.8. The van der Waals surface area contributed by atoms with Gasteiger partial charge in [0.2, 0.25) is 0 Å². The molecule has 1 fully saturated rings. The molecule has 1 aliphatic rings. The summed E-state index contributed by atoms with van der Waals surface area (Å²) in [6.07, 6.45) is 1.99. The third-order valence-corrected chi connectivity index (χ3v) is 5.45. The van der Waals surface area contributed by atoms with E-state index in [1.807, 2.05) is 59.5 Å². The van der Waals surface area contributed by atoms with E-state index in [-0.39, 0.29) is 11.9 Å². The van der Waals surface area contributed by atoms with Crippen molar-refractivity contribution in [2.45, 2.75) is 18.9 Å². The van der Waals surface area contributed by atoms with Gasteiger partial charge >= 0.3 is 0 Å². The fourth-order valence-electron chi connectivity index (χ4n) is 3.77. The van der Waals surface area contributed by atoms with Gasteiger partial charge in [-0.1, -0.05) is 23.7 Å². The van der Waals surface area contributed by atoms with Gasteiger partial charge in [0.15, 0.2) is 0 Å². The molecule has 1 amide bonds. The molecule has 0 bridgehead atoms. The highest BCUT2D eigenvalue weighted by Gasteiger charge is 2.29. The number of aromatic nitrogens is 2. The van der Waals surface area contributed by atoms with Crippen LogP contribution in [0, 0.1) is 0 Å². The lowest BCUT2D eigenvalue weighted by Crippen LogP contribution is -2.38. The Morgan fingerprint density at radius 1 is 1.24 bits per heavy atom. The highest BCUT2D eigenvalue weighted by molar-refractivity contribution is 6.30. The van der Waals surface area contributed by atoms with E-state index in [1.54, 1.807) is 11.8 Å². The number of ether oxygens (including phenoxy) is 1. The number of rotatable bonds is 5. The standard InChI is InChI=1S/C22H23ClN4O2/c1-29-14-19-6-3-11-26(19)22(28)15-7-9-18(10-8-15)27-21(24)13-20(25-27)16-4-2-5-17(23)12-16/h2,4-5,7-10,12-13,19H,3,6,11,14,24H2,1H3/t19-/m0/s1. The van der Waals surface area contributed by atoms with E-state index in [2.05, 4.69) is 5.10 Å². The first-order chi connectivity index (χ1) is 14.1. The van der Waals surface area contributed by atoms with Crippen molar-refractivity contribution in [2.75, 3.05) is 26.0 Å². The Morgan fingerprint density at radius 2 is 2.03 bits per heavy atom. The smallest absolute Gasteiger partial charge is 0.254 e. The molecule has 1 atom stereocenters. The predicted molar refractivity (Wildman–Crippen MR) is 114 cm³/mol. The van der Waals surface area contributed by atoms with Crippen LogP contribution in [0.4, 0.5) is 5.82 Å². The summed E-state index contributed by atoms with van der Waals surface area (Å²) in [5, 5.41) is 5.25. The molecule has 6 nitrogen and oxygen atoms in total. The van der Waals surface area contributed by atoms with Gasteiger partial charge in [0.25, 0.3) is 5.91 Å². The fraction of sp³-hybridized carbons (Fsp3) is 0.273. The molecule has 150 valence electrons. The van der Waals surface area contributed by atoms with Gasteiger partial charge < -0.3 is 15.4 Å². The second-order valence-corrected chi connectivity index (χ2v) is 7.61. The highest BCUT2D eigenvalue weighted by Crippen LogP contribution is 2.26. The maximum absolute atomic E-state index is 12.9. The van der Waals surface area contributed by atoms with Crippen LogP contribution in [0.25, 0.3) is 16.9 Å². The lowest BCUT2D eigenvalue weighted by atomic mass is 10.1. The van der Waals surface area contributed by atoms with Gasteiger partial charge in [-0.25, -0.2) is 4.68 Å². The Hall–Kier alpha value is -2.83. The molecule has 1 aromatic heterocycles. The summed E-state index contributed by atoms with van der Waals surface area (Å²) in [6.45, 7) is 1.34. The minimum Gasteiger partial charge on any atom is -0.384 e. The largest absolute Gasteiger partial charge is 0.384 e. The van der Waals surface area contributed by atoms with E-state index < -0.39 is 0 Å². The normalized spacial score (nSPS) is 16.3. The maximum atomic E-state index is 12.9. The number of nitrogen functional groups attached to an aromatic ring is 1. The van der Waals surface area contributed by atoms with Crippen molar-refractivity contribution < 1.29 is 9.53 Å². The van der Waals surface area contributed by atoms with Gasteiger partial charge in [0.05, 0.1) is 24.0 Å². The summed E-state index contributed by atoms with van der Waals surface area (Å²) >= 11 is 6.08. The molecular formula is C22H23ClN4O2. The first-order valence-electron chi connectivity index (χ1n) is 9.58. The zero-order valence-electron chi connectivity index (χ0n) is 16.2. The van der Waals surface area contributed by atoms with Crippen LogP contribution >= 0.6 is 11.6 Å². The molecule has 0 spiro atoms. The number of carbonyl (C=O) groups excluding carboxylic acids is 1. The summed E-state index contributed by atoms with van der Waals surface area (Å²) in [7, 11) is 1.67. The van der Waals surface area contributed by atoms with Crippen molar-refractivity contribution in [3.63, 3.8) is 0 Å². The Labute approximate surface area is 174 Å². The number of anilines is 1. The zero-order chi connectivity index (χ0) is 20.4. The van der Waals surface area contributed by atoms with Crippen molar-refractivity contribution in [1.82, 2.24) is 14.7 Å². The monoisotopic (exact) mass is 410 g/mol. The first kappa shape index (κ1) is 19.5. The average Bonchev–Trinajstić information content (AvgIpc) is 3.34. The van der Waals surface area contributed by atoms with Crippen molar-refractivity contribution in [1.29, 1.82) is 0 Å². The minimum absolute atomic E-state index is 0.0316. The van der Waals surface area contributed by atoms with E-state index >= 15 is 0 Å². The van der Waals surface area contributed by atoms with Crippen LogP contribution in [0.5, 0.6) is 0 Å². The highest BCUT2D eigenvalue weighted by atomic mass is 35.5. The van der Waals surface area contributed by atoms with Crippen LogP contribution in [-0.4, -0.2) is 46.9 Å². The van der Waals surface area contributed by atoms with Crippen LogP contribution in [0.3, 0.4) is 0 Å². The molecule has 0 unspecified atom stereocenters. The molecule has 1 aliphatic heterocycles. The SMILES string of the molecule is COC[C@@H]1CCCN1C(=O)c1ccc(-n2nc(-c3cccc(Cl)c3)cc2N)cc1. The lowest BCUT2D eigenvalue weighted by molar-refractivity contribution is 0.0630. The van der Waals surface area contributed by atoms with E-state index in [4.69, 9.17) is 22.1 Å². The van der Waals surface area contributed by atoms with Crippen LogP contribution < -0.4 is 5.73 Å². The van der Waals surface area contributed by atoms with Crippen molar-refractivity contribution >= 4 is 23.3 Å². The van der Waals surface area contributed by atoms with Gasteiger partial charge in [-0.3, -0.25) is 4.79 Å². The van der Waals surface area contributed by atoms with Gasteiger partial charge in [0.1, 0.15) is 5.82 Å². The first-order valence-corrected chi connectivity index (χ1v) is 9.96. The third-order valence-electron chi connectivity index (χ3n) is 5.21. The Bertz CT molecular complexity index is 1020. The number of halogens is 1. The molecular weight excluding hydrogens is 388 g/mol. The van der Waals surface area contributed by atoms with Crippen molar-refractivity contribution in [2.24, 2.45) is 0 Å². The number of nitrogens with two attached hydrogens (primary N) is 1. The van der Waals surface area contributed by atoms with Gasteiger partial charge in [-0.15, -0.1) is 0 Å². The lowest BCUT2D eigenvalue weighted by Gasteiger charge is -2.24. The molecule has 29 heavy (non-hydrogen) atoms. The Kier molecular flexibility index (Phi) is 5.56. The number of hydrogen-bond donors (Lipinski definition) is 1. The Morgan fingerprint density at radius 3 is 2.76 bits per heavy atom. The summed E-state index contributed by atoms with van der Waals surface area (Å²) in [5.74, 6) is 0.544. The number of benzene rings is 2. The topological polar surface area (TPSA) is 73.4 Å². The number of likely N-dealkylation sites (tertiary alicyclic amines) is 1. The van der Waals surface area contributed by atoms with Crippen LogP contribution in [0.1, 0.15) is 23.2 Å². The number of amides is 1. The average molecular weight is 411 g/mol. The quantitative estimate of drug-likeness (QED) is 0.689. The molecule has 1 saturated heterocycles. The summed E-state index contributed by atoms with van der Waals surface area (Å²) in [5.41, 5.74) is 9.26. The second-order valence-electron chi connectivity index (χ2n) is 7.17. The molecule has 2 N–H and O–H groups in total. The van der Waals surface area contributed by atoms with Gasteiger partial charge in [0, 0.05) is 35.9 Å². The van der Waals surface area contributed by atoms with E-state index in [0.717, 1.165) is 36.3 Å². The van der Waals surface area contributed by atoms with Crippen LogP contribution in [-0.2, 0) is 4.74 Å². The molecule has 4 rings (SSSR count). The third kappa shape index (κ3) is 3.99. The number of carbonyl (C=O) groups is 1. The van der Waals surface area contributed by atoms with E-state index in [9.17, 15) is 4.79 Å². The zero-order valence-corrected chi connectivity index (χ0v) is 17.0. The van der Waals surface area contributed by atoms with Crippen molar-refractivity contribution in [3.05, 3.63) is 65.2 Å². The molecule has 2 heterocycles. The summed E-state index contributed by atoms with van der Waals surface area (Å²) < 4.78 is 6.91. The maximum Gasteiger partial charge on any atom is 0.254 e. The van der Waals surface area contributed by atoms with Crippen molar-refractivity contribution in [3.8, 4) is 16.9 Å². The van der Waals surface area contributed by atoms with E-state index in [0.29, 0.717) is 23.0 Å². The molecule has 0 saturated carbocycles. The predicted octanol–water partition coefficient (Wildman–Crippen LogP) is 4.03. The Balaban J connectivity index is 1.56. The molecule has 0 radical (unpaired) electrons.